The number of imidazole rings is 1. The zero-order valence-electron chi connectivity index (χ0n) is 11.3. The maximum absolute atomic E-state index is 12.1. The Morgan fingerprint density at radius 2 is 1.88 bits per heavy atom. The van der Waals surface area contributed by atoms with E-state index in [9.17, 15) is 4.79 Å². The van der Waals surface area contributed by atoms with Gasteiger partial charge in [0.2, 0.25) is 0 Å². The Morgan fingerprint density at radius 1 is 1.29 bits per heavy atom. The quantitative estimate of drug-likeness (QED) is 0.778. The van der Waals surface area contributed by atoms with Crippen LogP contribution in [0.4, 0.5) is 0 Å². The van der Waals surface area contributed by atoms with Crippen LogP contribution in [-0.2, 0) is 6.54 Å². The average Bonchev–Trinajstić information content (AvgIpc) is 2.68. The Morgan fingerprint density at radius 3 is 2.24 bits per heavy atom. The number of rotatable bonds is 6. The molecule has 1 aromatic rings. The van der Waals surface area contributed by atoms with E-state index in [1.165, 1.54) is 0 Å². The summed E-state index contributed by atoms with van der Waals surface area (Å²) in [7, 11) is 0. The molecule has 0 amide bonds. The van der Waals surface area contributed by atoms with E-state index in [1.807, 2.05) is 30.8 Å². The van der Waals surface area contributed by atoms with Crippen LogP contribution >= 0.6 is 12.6 Å². The second-order valence-corrected chi connectivity index (χ2v) is 5.39. The number of aromatic nitrogens is 2. The Hall–Kier alpha value is -0.640. The highest BCUT2D eigenvalue weighted by Crippen LogP contribution is 2.29. The summed E-state index contributed by atoms with van der Waals surface area (Å²) in [5.74, 6) is 0.819. The molecule has 0 aromatic carbocycles. The monoisotopic (exact) mass is 256 g/mol. The summed E-state index contributed by atoms with van der Waals surface area (Å²) in [6.07, 6.45) is 5.87. The zero-order valence-corrected chi connectivity index (χ0v) is 12.2. The van der Waals surface area contributed by atoms with E-state index in [1.54, 1.807) is 4.57 Å². The van der Waals surface area contributed by atoms with Gasteiger partial charge in [-0.25, -0.2) is 4.79 Å². The summed E-state index contributed by atoms with van der Waals surface area (Å²) in [5, 5.41) is 0. The minimum Gasteiger partial charge on any atom is -0.299 e. The van der Waals surface area contributed by atoms with Crippen LogP contribution in [0.3, 0.4) is 0 Å². The predicted octanol–water partition coefficient (Wildman–Crippen LogP) is 2.97. The van der Waals surface area contributed by atoms with E-state index in [0.29, 0.717) is 0 Å². The zero-order chi connectivity index (χ0) is 13.1. The molecule has 0 spiro atoms. The van der Waals surface area contributed by atoms with Crippen molar-refractivity contribution in [1.82, 2.24) is 9.13 Å². The molecule has 0 saturated heterocycles. The molecule has 0 bridgehead atoms. The van der Waals surface area contributed by atoms with Crippen LogP contribution in [0.1, 0.15) is 46.6 Å². The van der Waals surface area contributed by atoms with Gasteiger partial charge in [0.1, 0.15) is 0 Å². The average molecular weight is 256 g/mol. The fourth-order valence-corrected chi connectivity index (χ4v) is 2.60. The van der Waals surface area contributed by atoms with Crippen molar-refractivity contribution in [2.24, 2.45) is 5.41 Å². The molecule has 3 nitrogen and oxygen atoms in total. The predicted molar refractivity (Wildman–Crippen MR) is 75.9 cm³/mol. The van der Waals surface area contributed by atoms with Gasteiger partial charge in [-0.15, -0.1) is 0 Å². The summed E-state index contributed by atoms with van der Waals surface area (Å²) >= 11 is 4.45. The fourth-order valence-electron chi connectivity index (χ4n) is 2.05. The third-order valence-electron chi connectivity index (χ3n) is 3.77. The van der Waals surface area contributed by atoms with Gasteiger partial charge in [-0.05, 0) is 37.9 Å². The highest BCUT2D eigenvalue weighted by Gasteiger charge is 2.26. The molecular weight excluding hydrogens is 232 g/mol. The van der Waals surface area contributed by atoms with Crippen molar-refractivity contribution in [2.75, 3.05) is 5.75 Å². The SMILES string of the molecule is CCC(CC)(CS)Cn1ccn(C(C)C)c1=O. The van der Waals surface area contributed by atoms with Crippen molar-refractivity contribution >= 4 is 12.6 Å². The lowest BCUT2D eigenvalue weighted by molar-refractivity contribution is 0.253. The molecule has 1 aromatic heterocycles. The van der Waals surface area contributed by atoms with Crippen molar-refractivity contribution in [1.29, 1.82) is 0 Å². The molecule has 0 atom stereocenters. The summed E-state index contributed by atoms with van der Waals surface area (Å²) < 4.78 is 3.60. The molecule has 98 valence electrons. The first-order valence-electron chi connectivity index (χ1n) is 6.37. The van der Waals surface area contributed by atoms with E-state index >= 15 is 0 Å². The third-order valence-corrected chi connectivity index (χ3v) is 4.44. The van der Waals surface area contributed by atoms with Crippen LogP contribution in [0.5, 0.6) is 0 Å². The van der Waals surface area contributed by atoms with Gasteiger partial charge in [0.05, 0.1) is 0 Å². The smallest absolute Gasteiger partial charge is 0.299 e. The Kier molecular flexibility index (Phi) is 4.92. The van der Waals surface area contributed by atoms with Gasteiger partial charge in [0, 0.05) is 25.0 Å². The molecule has 0 aliphatic heterocycles. The highest BCUT2D eigenvalue weighted by molar-refractivity contribution is 7.80. The summed E-state index contributed by atoms with van der Waals surface area (Å²) in [5.41, 5.74) is 0.226. The van der Waals surface area contributed by atoms with Crippen LogP contribution < -0.4 is 5.69 Å². The van der Waals surface area contributed by atoms with Gasteiger partial charge >= 0.3 is 5.69 Å². The van der Waals surface area contributed by atoms with Crippen LogP contribution in [-0.4, -0.2) is 14.9 Å². The summed E-state index contributed by atoms with van der Waals surface area (Å²) in [6, 6.07) is 0.220. The van der Waals surface area contributed by atoms with Crippen molar-refractivity contribution in [2.45, 2.75) is 53.1 Å². The van der Waals surface area contributed by atoms with E-state index in [4.69, 9.17) is 0 Å². The minimum absolute atomic E-state index is 0.0908. The Labute approximate surface area is 109 Å². The normalized spacial score (nSPS) is 12.4. The molecule has 0 saturated carbocycles. The molecular formula is C13H24N2OS. The van der Waals surface area contributed by atoms with Crippen LogP contribution in [0.15, 0.2) is 17.2 Å². The first-order valence-corrected chi connectivity index (χ1v) is 7.01. The molecule has 0 aliphatic carbocycles. The largest absolute Gasteiger partial charge is 0.328 e. The van der Waals surface area contributed by atoms with Crippen LogP contribution in [0, 0.1) is 5.41 Å². The topological polar surface area (TPSA) is 26.9 Å². The lowest BCUT2D eigenvalue weighted by atomic mass is 9.84. The maximum Gasteiger partial charge on any atom is 0.328 e. The van der Waals surface area contributed by atoms with Gasteiger partial charge in [-0.1, -0.05) is 13.8 Å². The van der Waals surface area contributed by atoms with Crippen molar-refractivity contribution < 1.29 is 0 Å². The first kappa shape index (κ1) is 14.4. The number of nitrogens with zero attached hydrogens (tertiary/aromatic N) is 2. The maximum atomic E-state index is 12.1. The van der Waals surface area contributed by atoms with Gasteiger partial charge in [-0.2, -0.15) is 12.6 Å². The fraction of sp³-hybridized carbons (Fsp3) is 0.769. The van der Waals surface area contributed by atoms with E-state index in [-0.39, 0.29) is 17.1 Å². The molecule has 0 aliphatic rings. The lowest BCUT2D eigenvalue weighted by Crippen LogP contribution is -2.34. The molecule has 1 rings (SSSR count). The van der Waals surface area contributed by atoms with Gasteiger partial charge in [0.15, 0.2) is 0 Å². The molecule has 0 N–H and O–H groups in total. The Balaban J connectivity index is 2.99. The van der Waals surface area contributed by atoms with Crippen LogP contribution in [0.25, 0.3) is 0 Å². The molecule has 17 heavy (non-hydrogen) atoms. The van der Waals surface area contributed by atoms with Gasteiger partial charge in [-0.3, -0.25) is 9.13 Å². The van der Waals surface area contributed by atoms with E-state index in [2.05, 4.69) is 26.5 Å². The Bertz CT molecular complexity index is 394. The van der Waals surface area contributed by atoms with Crippen molar-refractivity contribution in [3.8, 4) is 0 Å². The number of hydrogen-bond acceptors (Lipinski definition) is 2. The van der Waals surface area contributed by atoms with E-state index in [0.717, 1.165) is 25.1 Å². The molecule has 1 heterocycles. The lowest BCUT2D eigenvalue weighted by Gasteiger charge is -2.29. The molecule has 0 radical (unpaired) electrons. The highest BCUT2D eigenvalue weighted by atomic mass is 32.1. The number of thiol groups is 1. The van der Waals surface area contributed by atoms with Crippen molar-refractivity contribution in [3.63, 3.8) is 0 Å². The second-order valence-electron chi connectivity index (χ2n) is 5.07. The third kappa shape index (κ3) is 2.97. The van der Waals surface area contributed by atoms with Crippen LogP contribution in [0.2, 0.25) is 0 Å². The molecule has 0 fully saturated rings. The van der Waals surface area contributed by atoms with E-state index < -0.39 is 0 Å². The number of hydrogen-bond donors (Lipinski definition) is 1. The second kappa shape index (κ2) is 5.80. The standard InChI is InChI=1S/C13H24N2OS/c1-5-13(6-2,10-17)9-14-7-8-15(11(3)4)12(14)16/h7-8,11,17H,5-6,9-10H2,1-4H3. The van der Waals surface area contributed by atoms with Gasteiger partial charge in [0.25, 0.3) is 0 Å². The van der Waals surface area contributed by atoms with Gasteiger partial charge < -0.3 is 0 Å². The summed E-state index contributed by atoms with van der Waals surface area (Å²) in [6.45, 7) is 9.16. The van der Waals surface area contributed by atoms with Crippen molar-refractivity contribution in [3.05, 3.63) is 22.9 Å². The summed E-state index contributed by atoms with van der Waals surface area (Å²) in [4.78, 5) is 12.1. The molecule has 4 heteroatoms. The minimum atomic E-state index is 0.0908. The molecule has 0 unspecified atom stereocenters. The first-order chi connectivity index (χ1) is 7.99.